The maximum absolute atomic E-state index is 5.56. The van der Waals surface area contributed by atoms with Crippen LogP contribution in [-0.2, 0) is 0 Å². The highest BCUT2D eigenvalue weighted by Crippen LogP contribution is 2.25. The molecule has 1 nitrogen and oxygen atoms in total. The van der Waals surface area contributed by atoms with E-state index in [1.54, 1.807) is 5.57 Å². The smallest absolute Gasteiger partial charge is 0.00745 e. The zero-order chi connectivity index (χ0) is 10.3. The molecule has 1 heteroatoms. The van der Waals surface area contributed by atoms with Crippen LogP contribution in [-0.4, -0.2) is 6.54 Å². The molecule has 2 unspecified atom stereocenters. The average Bonchev–Trinajstić information content (AvgIpc) is 2.13. The monoisotopic (exact) mass is 183 g/mol. The summed E-state index contributed by atoms with van der Waals surface area (Å²) in [6.45, 7) is 9.89. The Morgan fingerprint density at radius 2 is 1.92 bits per heavy atom. The van der Waals surface area contributed by atoms with Crippen molar-refractivity contribution in [3.8, 4) is 0 Å². The van der Waals surface area contributed by atoms with E-state index in [-0.39, 0.29) is 0 Å². The van der Waals surface area contributed by atoms with Crippen molar-refractivity contribution in [1.29, 1.82) is 0 Å². The molecule has 2 atom stereocenters. The third-order valence-corrected chi connectivity index (χ3v) is 2.93. The lowest BCUT2D eigenvalue weighted by Crippen LogP contribution is -2.15. The number of hydrogen-bond donors (Lipinski definition) is 1. The molecule has 0 rings (SSSR count). The lowest BCUT2D eigenvalue weighted by molar-refractivity contribution is 0.409. The Balaban J connectivity index is 4.18. The van der Waals surface area contributed by atoms with Gasteiger partial charge in [0.05, 0.1) is 0 Å². The Bertz CT molecular complexity index is 149. The fourth-order valence-electron chi connectivity index (χ4n) is 1.79. The van der Waals surface area contributed by atoms with Gasteiger partial charge in [-0.05, 0) is 37.6 Å². The molecule has 0 saturated carbocycles. The van der Waals surface area contributed by atoms with Crippen LogP contribution in [0.15, 0.2) is 11.6 Å². The van der Waals surface area contributed by atoms with Crippen molar-refractivity contribution in [3.63, 3.8) is 0 Å². The second-order valence-electron chi connectivity index (χ2n) is 3.88. The van der Waals surface area contributed by atoms with Gasteiger partial charge in [-0.15, -0.1) is 0 Å². The van der Waals surface area contributed by atoms with E-state index in [9.17, 15) is 0 Å². The minimum atomic E-state index is 0.702. The molecule has 0 aromatic rings. The van der Waals surface area contributed by atoms with Crippen molar-refractivity contribution in [2.75, 3.05) is 6.54 Å². The van der Waals surface area contributed by atoms with E-state index < -0.39 is 0 Å². The summed E-state index contributed by atoms with van der Waals surface area (Å²) in [6, 6.07) is 0. The highest BCUT2D eigenvalue weighted by molar-refractivity contribution is 5.05. The van der Waals surface area contributed by atoms with Crippen LogP contribution in [0.4, 0.5) is 0 Å². The molecule has 0 aliphatic rings. The predicted molar refractivity (Wildman–Crippen MR) is 60.7 cm³/mol. The SMILES string of the molecule is CC/C=C(\CC)C(C)C(C)CCN. The van der Waals surface area contributed by atoms with Gasteiger partial charge in [0.2, 0.25) is 0 Å². The summed E-state index contributed by atoms with van der Waals surface area (Å²) in [5.41, 5.74) is 7.16. The maximum atomic E-state index is 5.56. The normalized spacial score (nSPS) is 17.2. The third-order valence-electron chi connectivity index (χ3n) is 2.93. The highest BCUT2D eigenvalue weighted by Gasteiger charge is 2.13. The van der Waals surface area contributed by atoms with Crippen LogP contribution in [0.3, 0.4) is 0 Å². The van der Waals surface area contributed by atoms with Gasteiger partial charge in [-0.1, -0.05) is 39.3 Å². The van der Waals surface area contributed by atoms with Crippen LogP contribution < -0.4 is 5.73 Å². The first-order valence-electron chi connectivity index (χ1n) is 5.56. The molecule has 78 valence electrons. The van der Waals surface area contributed by atoms with Gasteiger partial charge in [0.25, 0.3) is 0 Å². The first-order valence-corrected chi connectivity index (χ1v) is 5.56. The Labute approximate surface area is 83.4 Å². The fraction of sp³-hybridized carbons (Fsp3) is 0.833. The van der Waals surface area contributed by atoms with Gasteiger partial charge in [-0.25, -0.2) is 0 Å². The van der Waals surface area contributed by atoms with Crippen LogP contribution in [0.5, 0.6) is 0 Å². The summed E-state index contributed by atoms with van der Waals surface area (Å²) in [7, 11) is 0. The summed E-state index contributed by atoms with van der Waals surface area (Å²) in [5, 5.41) is 0. The Morgan fingerprint density at radius 1 is 1.31 bits per heavy atom. The molecule has 0 fully saturated rings. The molecule has 0 spiro atoms. The van der Waals surface area contributed by atoms with Crippen molar-refractivity contribution < 1.29 is 0 Å². The van der Waals surface area contributed by atoms with Crippen LogP contribution in [0, 0.1) is 11.8 Å². The number of hydrogen-bond acceptors (Lipinski definition) is 1. The third kappa shape index (κ3) is 4.47. The lowest BCUT2D eigenvalue weighted by Gasteiger charge is -2.21. The highest BCUT2D eigenvalue weighted by atomic mass is 14.5. The molecule has 0 bridgehead atoms. The van der Waals surface area contributed by atoms with Crippen molar-refractivity contribution in [1.82, 2.24) is 0 Å². The predicted octanol–water partition coefficient (Wildman–Crippen LogP) is 3.35. The van der Waals surface area contributed by atoms with E-state index in [4.69, 9.17) is 5.73 Å². The van der Waals surface area contributed by atoms with Crippen LogP contribution in [0.25, 0.3) is 0 Å². The molecular weight excluding hydrogens is 158 g/mol. The van der Waals surface area contributed by atoms with Gasteiger partial charge < -0.3 is 5.73 Å². The molecule has 0 amide bonds. The Morgan fingerprint density at radius 3 is 2.31 bits per heavy atom. The van der Waals surface area contributed by atoms with E-state index >= 15 is 0 Å². The second kappa shape index (κ2) is 7.14. The summed E-state index contributed by atoms with van der Waals surface area (Å²) < 4.78 is 0. The van der Waals surface area contributed by atoms with Crippen LogP contribution >= 0.6 is 0 Å². The zero-order valence-corrected chi connectivity index (χ0v) is 9.64. The zero-order valence-electron chi connectivity index (χ0n) is 9.64. The summed E-state index contributed by atoms with van der Waals surface area (Å²) >= 11 is 0. The van der Waals surface area contributed by atoms with E-state index in [0.29, 0.717) is 5.92 Å². The molecule has 0 aliphatic heterocycles. The lowest BCUT2D eigenvalue weighted by atomic mass is 9.85. The molecule has 13 heavy (non-hydrogen) atoms. The molecule has 2 N–H and O–H groups in total. The van der Waals surface area contributed by atoms with Gasteiger partial charge in [-0.3, -0.25) is 0 Å². The van der Waals surface area contributed by atoms with Gasteiger partial charge in [0, 0.05) is 0 Å². The second-order valence-corrected chi connectivity index (χ2v) is 3.88. The molecule has 0 aromatic carbocycles. The van der Waals surface area contributed by atoms with Gasteiger partial charge in [0.1, 0.15) is 0 Å². The van der Waals surface area contributed by atoms with Gasteiger partial charge in [0.15, 0.2) is 0 Å². The maximum Gasteiger partial charge on any atom is -0.00745 e. The number of rotatable bonds is 6. The molecule has 0 aromatic heterocycles. The van der Waals surface area contributed by atoms with Crippen molar-refractivity contribution in [2.45, 2.75) is 47.0 Å². The minimum absolute atomic E-state index is 0.702. The summed E-state index contributed by atoms with van der Waals surface area (Å²) in [4.78, 5) is 0. The minimum Gasteiger partial charge on any atom is -0.330 e. The quantitative estimate of drug-likeness (QED) is 0.628. The van der Waals surface area contributed by atoms with E-state index in [2.05, 4.69) is 33.8 Å². The van der Waals surface area contributed by atoms with E-state index in [1.165, 1.54) is 6.42 Å². The molecular formula is C12H25N. The van der Waals surface area contributed by atoms with Gasteiger partial charge in [-0.2, -0.15) is 0 Å². The van der Waals surface area contributed by atoms with Crippen LogP contribution in [0.2, 0.25) is 0 Å². The standard InChI is InChI=1S/C12H25N/c1-5-7-12(6-2)11(4)10(3)8-9-13/h7,10-11H,5-6,8-9,13H2,1-4H3/b12-7+. The van der Waals surface area contributed by atoms with Crippen molar-refractivity contribution >= 4 is 0 Å². The van der Waals surface area contributed by atoms with Crippen molar-refractivity contribution in [3.05, 3.63) is 11.6 Å². The first kappa shape index (κ1) is 12.7. The fourth-order valence-corrected chi connectivity index (χ4v) is 1.79. The van der Waals surface area contributed by atoms with E-state index in [1.807, 2.05) is 0 Å². The molecule has 0 aliphatic carbocycles. The largest absolute Gasteiger partial charge is 0.330 e. The number of allylic oxidation sites excluding steroid dienone is 2. The van der Waals surface area contributed by atoms with Gasteiger partial charge >= 0.3 is 0 Å². The molecule has 0 heterocycles. The first-order chi connectivity index (χ1) is 6.17. The Hall–Kier alpha value is -0.300. The Kier molecular flexibility index (Phi) is 6.97. The molecule has 0 radical (unpaired) electrons. The summed E-state index contributed by atoms with van der Waals surface area (Å²) in [6.07, 6.45) is 5.85. The summed E-state index contributed by atoms with van der Waals surface area (Å²) in [5.74, 6) is 1.43. The molecule has 0 saturated heterocycles. The number of nitrogens with two attached hydrogens (primary N) is 1. The average molecular weight is 183 g/mol. The van der Waals surface area contributed by atoms with Crippen molar-refractivity contribution in [2.24, 2.45) is 17.6 Å². The van der Waals surface area contributed by atoms with Crippen LogP contribution in [0.1, 0.15) is 47.0 Å². The van der Waals surface area contributed by atoms with E-state index in [0.717, 1.165) is 25.3 Å². The topological polar surface area (TPSA) is 26.0 Å².